The number of thioether (sulfide) groups is 1. The molecule has 0 atom stereocenters. The van der Waals surface area contributed by atoms with Crippen molar-refractivity contribution in [3.05, 3.63) is 33.6 Å². The van der Waals surface area contributed by atoms with Gasteiger partial charge in [-0.25, -0.2) is 4.98 Å². The van der Waals surface area contributed by atoms with Gasteiger partial charge in [0.05, 0.1) is 17.0 Å². The second-order valence-corrected chi connectivity index (χ2v) is 7.93. The molecule has 0 amide bonds. The van der Waals surface area contributed by atoms with Crippen LogP contribution < -0.4 is 5.56 Å². The number of ether oxygens (including phenoxy) is 1. The van der Waals surface area contributed by atoms with Crippen LogP contribution in [0.15, 0.2) is 28.2 Å². The Balaban J connectivity index is 2.36. The van der Waals surface area contributed by atoms with Crippen LogP contribution >= 0.6 is 23.4 Å². The number of halogens is 1. The molecule has 2 rings (SSSR count). The van der Waals surface area contributed by atoms with Gasteiger partial charge in [-0.2, -0.15) is 0 Å². The zero-order valence-corrected chi connectivity index (χ0v) is 15.6. The van der Waals surface area contributed by atoms with Gasteiger partial charge in [-0.15, -0.1) is 0 Å². The monoisotopic (exact) mass is 354 g/mol. The fraction of sp³-hybridized carbons (Fsp3) is 0.529. The van der Waals surface area contributed by atoms with Crippen molar-refractivity contribution in [2.75, 3.05) is 6.61 Å². The number of aromatic nitrogens is 2. The van der Waals surface area contributed by atoms with Crippen LogP contribution in [0.4, 0.5) is 0 Å². The minimum atomic E-state index is -0.0145. The standard InChI is InChI=1S/C17H23ClN2O2S/c1-11(2)22-9-5-8-20-16(21)14-7-6-13(18)10-15(14)19-17(20)23-12(3)4/h6-7,10-12H,5,8-9H2,1-4H3. The van der Waals surface area contributed by atoms with Gasteiger partial charge in [0, 0.05) is 23.4 Å². The number of hydrogen-bond donors (Lipinski definition) is 0. The summed E-state index contributed by atoms with van der Waals surface area (Å²) < 4.78 is 7.32. The molecule has 0 fully saturated rings. The molecule has 1 heterocycles. The van der Waals surface area contributed by atoms with Crippen LogP contribution in [0.25, 0.3) is 10.9 Å². The first-order valence-electron chi connectivity index (χ1n) is 7.87. The molecule has 0 saturated carbocycles. The van der Waals surface area contributed by atoms with Crippen LogP contribution in [0.3, 0.4) is 0 Å². The maximum absolute atomic E-state index is 12.8. The minimum absolute atomic E-state index is 0.0145. The van der Waals surface area contributed by atoms with Crippen molar-refractivity contribution in [1.29, 1.82) is 0 Å². The van der Waals surface area contributed by atoms with Gasteiger partial charge in [-0.05, 0) is 38.5 Å². The van der Waals surface area contributed by atoms with E-state index in [9.17, 15) is 4.79 Å². The van der Waals surface area contributed by atoms with Crippen molar-refractivity contribution >= 4 is 34.3 Å². The molecular weight excluding hydrogens is 332 g/mol. The van der Waals surface area contributed by atoms with Crippen molar-refractivity contribution in [1.82, 2.24) is 9.55 Å². The van der Waals surface area contributed by atoms with E-state index < -0.39 is 0 Å². The maximum Gasteiger partial charge on any atom is 0.262 e. The molecule has 23 heavy (non-hydrogen) atoms. The topological polar surface area (TPSA) is 44.1 Å². The van der Waals surface area contributed by atoms with Gasteiger partial charge in [0.15, 0.2) is 5.16 Å². The van der Waals surface area contributed by atoms with E-state index >= 15 is 0 Å². The molecule has 4 nitrogen and oxygen atoms in total. The molecular formula is C17H23ClN2O2S. The van der Waals surface area contributed by atoms with Gasteiger partial charge in [-0.3, -0.25) is 9.36 Å². The fourth-order valence-electron chi connectivity index (χ4n) is 2.21. The molecule has 2 aromatic rings. The van der Waals surface area contributed by atoms with E-state index in [1.165, 1.54) is 0 Å². The van der Waals surface area contributed by atoms with Crippen molar-refractivity contribution < 1.29 is 4.74 Å². The predicted octanol–water partition coefficient (Wildman–Crippen LogP) is 4.37. The second-order valence-electron chi connectivity index (χ2n) is 5.95. The Kier molecular flexibility index (Phi) is 6.50. The largest absolute Gasteiger partial charge is 0.379 e. The summed E-state index contributed by atoms with van der Waals surface area (Å²) in [5.41, 5.74) is 0.639. The Morgan fingerprint density at radius 1 is 1.30 bits per heavy atom. The summed E-state index contributed by atoms with van der Waals surface area (Å²) in [5, 5.41) is 2.28. The summed E-state index contributed by atoms with van der Waals surface area (Å²) in [6, 6.07) is 5.22. The zero-order chi connectivity index (χ0) is 17.0. The van der Waals surface area contributed by atoms with Crippen molar-refractivity contribution in [3.8, 4) is 0 Å². The highest BCUT2D eigenvalue weighted by atomic mass is 35.5. The summed E-state index contributed by atoms with van der Waals surface area (Å²) >= 11 is 7.62. The summed E-state index contributed by atoms with van der Waals surface area (Å²) in [7, 11) is 0. The third kappa shape index (κ3) is 4.96. The van der Waals surface area contributed by atoms with Gasteiger partial charge in [0.1, 0.15) is 0 Å². The highest BCUT2D eigenvalue weighted by Crippen LogP contribution is 2.23. The van der Waals surface area contributed by atoms with Crippen LogP contribution in [-0.2, 0) is 11.3 Å². The van der Waals surface area contributed by atoms with Crippen molar-refractivity contribution in [3.63, 3.8) is 0 Å². The third-order valence-corrected chi connectivity index (χ3v) is 4.43. The first-order valence-corrected chi connectivity index (χ1v) is 9.12. The van der Waals surface area contributed by atoms with Crippen LogP contribution in [0.5, 0.6) is 0 Å². The number of fused-ring (bicyclic) bond motifs is 1. The van der Waals surface area contributed by atoms with Gasteiger partial charge < -0.3 is 4.74 Å². The molecule has 1 aromatic carbocycles. The molecule has 0 radical (unpaired) electrons. The molecule has 6 heteroatoms. The van der Waals surface area contributed by atoms with Crippen LogP contribution in [0.2, 0.25) is 5.02 Å². The molecule has 126 valence electrons. The lowest BCUT2D eigenvalue weighted by Crippen LogP contribution is -2.24. The average molecular weight is 355 g/mol. The van der Waals surface area contributed by atoms with Crippen LogP contribution in [0, 0.1) is 0 Å². The lowest BCUT2D eigenvalue weighted by molar-refractivity contribution is 0.0743. The Bertz CT molecular complexity index is 728. The Labute approximate surface area is 146 Å². The van der Waals surface area contributed by atoms with E-state index in [-0.39, 0.29) is 11.7 Å². The smallest absolute Gasteiger partial charge is 0.262 e. The predicted molar refractivity (Wildman–Crippen MR) is 97.7 cm³/mol. The van der Waals surface area contributed by atoms with Gasteiger partial charge in [-0.1, -0.05) is 37.2 Å². The van der Waals surface area contributed by atoms with Crippen molar-refractivity contribution in [2.24, 2.45) is 0 Å². The van der Waals surface area contributed by atoms with E-state index in [1.54, 1.807) is 34.5 Å². The minimum Gasteiger partial charge on any atom is -0.379 e. The highest BCUT2D eigenvalue weighted by molar-refractivity contribution is 7.99. The quantitative estimate of drug-likeness (QED) is 0.421. The number of nitrogens with zero attached hydrogens (tertiary/aromatic N) is 2. The lowest BCUT2D eigenvalue weighted by Gasteiger charge is -2.15. The summed E-state index contributed by atoms with van der Waals surface area (Å²) in [6.07, 6.45) is 0.984. The summed E-state index contributed by atoms with van der Waals surface area (Å²) in [4.78, 5) is 17.4. The highest BCUT2D eigenvalue weighted by Gasteiger charge is 2.13. The van der Waals surface area contributed by atoms with Crippen LogP contribution in [-0.4, -0.2) is 27.5 Å². The normalized spacial score (nSPS) is 11.8. The van der Waals surface area contributed by atoms with Gasteiger partial charge in [0.25, 0.3) is 5.56 Å². The first-order chi connectivity index (χ1) is 10.9. The number of hydrogen-bond acceptors (Lipinski definition) is 4. The molecule has 0 aliphatic rings. The molecule has 0 spiro atoms. The van der Waals surface area contributed by atoms with E-state index in [2.05, 4.69) is 18.8 Å². The molecule has 1 aromatic heterocycles. The van der Waals surface area contributed by atoms with E-state index in [1.807, 2.05) is 13.8 Å². The molecule has 0 N–H and O–H groups in total. The van der Waals surface area contributed by atoms with Gasteiger partial charge >= 0.3 is 0 Å². The van der Waals surface area contributed by atoms with Crippen molar-refractivity contribution in [2.45, 2.75) is 57.2 Å². The zero-order valence-electron chi connectivity index (χ0n) is 14.0. The summed E-state index contributed by atoms with van der Waals surface area (Å²) in [5.74, 6) is 0. The van der Waals surface area contributed by atoms with E-state index in [4.69, 9.17) is 16.3 Å². The SMILES string of the molecule is CC(C)OCCCn1c(SC(C)C)nc2cc(Cl)ccc2c1=O. The Morgan fingerprint density at radius 2 is 2.04 bits per heavy atom. The first kappa shape index (κ1) is 18.3. The lowest BCUT2D eigenvalue weighted by atomic mass is 10.2. The maximum atomic E-state index is 12.8. The number of benzene rings is 1. The van der Waals surface area contributed by atoms with E-state index in [0.29, 0.717) is 34.3 Å². The Morgan fingerprint density at radius 3 is 2.70 bits per heavy atom. The second kappa shape index (κ2) is 8.18. The summed E-state index contributed by atoms with van der Waals surface area (Å²) in [6.45, 7) is 9.43. The molecule has 0 bridgehead atoms. The molecule has 0 saturated heterocycles. The molecule has 0 aliphatic carbocycles. The Hall–Kier alpha value is -1.04. The van der Waals surface area contributed by atoms with Crippen LogP contribution in [0.1, 0.15) is 34.1 Å². The van der Waals surface area contributed by atoms with E-state index in [0.717, 1.165) is 11.6 Å². The third-order valence-electron chi connectivity index (χ3n) is 3.20. The molecule has 0 aliphatic heterocycles. The molecule has 0 unspecified atom stereocenters. The van der Waals surface area contributed by atoms with Gasteiger partial charge in [0.2, 0.25) is 0 Å². The fourth-order valence-corrected chi connectivity index (χ4v) is 3.25. The number of rotatable bonds is 7. The average Bonchev–Trinajstić information content (AvgIpc) is 2.44.